The Kier molecular flexibility index (Phi) is 1.89. The molecule has 0 bridgehead atoms. The summed E-state index contributed by atoms with van der Waals surface area (Å²) in [7, 11) is 0. The Hall–Kier alpha value is -0.770. The van der Waals surface area contributed by atoms with E-state index < -0.39 is 0 Å². The fourth-order valence-electron chi connectivity index (χ4n) is 0.550. The lowest BCUT2D eigenvalue weighted by Gasteiger charge is -1.80. The van der Waals surface area contributed by atoms with E-state index in [1.165, 1.54) is 4.09 Å². The molecular weight excluding hydrogens is 136 g/mol. The van der Waals surface area contributed by atoms with Crippen LogP contribution in [0.15, 0.2) is 12.4 Å². The Morgan fingerprint density at radius 3 is 3.11 bits per heavy atom. The third kappa shape index (κ3) is 1.57. The van der Waals surface area contributed by atoms with Crippen LogP contribution in [-0.2, 0) is 11.2 Å². The summed E-state index contributed by atoms with van der Waals surface area (Å²) < 4.78 is 1.37. The molecule has 0 amide bonds. The van der Waals surface area contributed by atoms with Gasteiger partial charge < -0.3 is 4.79 Å². The first-order valence-electron chi connectivity index (χ1n) is 2.49. The lowest BCUT2D eigenvalue weighted by atomic mass is 10.3. The highest BCUT2D eigenvalue weighted by Crippen LogP contribution is 1.96. The zero-order chi connectivity index (χ0) is 6.69. The molecular formula is C5H6N2OS. The Labute approximate surface area is 58.2 Å². The van der Waals surface area contributed by atoms with Crippen molar-refractivity contribution in [1.82, 2.24) is 9.19 Å². The Balaban J connectivity index is 2.72. The summed E-state index contributed by atoms with van der Waals surface area (Å²) in [5.74, 6) is 0. The van der Waals surface area contributed by atoms with Gasteiger partial charge in [0, 0.05) is 12.6 Å². The molecule has 0 N–H and O–H groups in total. The third-order valence-electron chi connectivity index (χ3n) is 0.942. The number of nitrogens with zero attached hydrogens (tertiary/aromatic N) is 2. The SMILES string of the molecule is O=CCc1cnn(S)c1. The van der Waals surface area contributed by atoms with Crippen LogP contribution in [0.5, 0.6) is 0 Å². The molecule has 3 nitrogen and oxygen atoms in total. The molecule has 1 heterocycles. The van der Waals surface area contributed by atoms with E-state index in [9.17, 15) is 4.79 Å². The molecule has 0 fully saturated rings. The van der Waals surface area contributed by atoms with Gasteiger partial charge in [-0.05, 0) is 18.4 Å². The smallest absolute Gasteiger partial charge is 0.124 e. The zero-order valence-electron chi connectivity index (χ0n) is 4.69. The molecule has 0 aliphatic rings. The summed E-state index contributed by atoms with van der Waals surface area (Å²) in [5, 5.41) is 3.76. The maximum Gasteiger partial charge on any atom is 0.124 e. The van der Waals surface area contributed by atoms with Crippen LogP contribution in [0.1, 0.15) is 5.56 Å². The monoisotopic (exact) mass is 142 g/mol. The summed E-state index contributed by atoms with van der Waals surface area (Å²) >= 11 is 3.89. The van der Waals surface area contributed by atoms with Crippen LogP contribution in [0.2, 0.25) is 0 Å². The zero-order valence-corrected chi connectivity index (χ0v) is 5.58. The van der Waals surface area contributed by atoms with Crippen molar-refractivity contribution in [2.45, 2.75) is 6.42 Å². The highest BCUT2D eigenvalue weighted by Gasteiger charge is 1.92. The van der Waals surface area contributed by atoms with Gasteiger partial charge in [0.1, 0.15) is 6.29 Å². The van der Waals surface area contributed by atoms with E-state index in [2.05, 4.69) is 17.9 Å². The molecule has 0 aliphatic carbocycles. The first-order valence-corrected chi connectivity index (χ1v) is 2.89. The Morgan fingerprint density at radius 2 is 2.67 bits per heavy atom. The maximum atomic E-state index is 9.92. The Bertz CT molecular complexity index is 208. The van der Waals surface area contributed by atoms with Crippen molar-refractivity contribution in [2.75, 3.05) is 0 Å². The van der Waals surface area contributed by atoms with E-state index in [1.807, 2.05) is 0 Å². The maximum absolute atomic E-state index is 9.92. The fourth-order valence-corrected chi connectivity index (χ4v) is 0.750. The van der Waals surface area contributed by atoms with Gasteiger partial charge in [-0.25, -0.2) is 4.09 Å². The molecule has 1 aromatic heterocycles. The minimum Gasteiger partial charge on any atom is -0.303 e. The average Bonchev–Trinajstić information content (AvgIpc) is 2.17. The molecule has 0 radical (unpaired) electrons. The van der Waals surface area contributed by atoms with Gasteiger partial charge in [-0.15, -0.1) is 0 Å². The second kappa shape index (κ2) is 2.68. The van der Waals surface area contributed by atoms with Crippen molar-refractivity contribution in [3.63, 3.8) is 0 Å². The predicted octanol–water partition coefficient (Wildman–Crippen LogP) is 0.317. The number of rotatable bonds is 2. The number of carbonyl (C=O) groups excluding carboxylic acids is 1. The van der Waals surface area contributed by atoms with Crippen LogP contribution in [-0.4, -0.2) is 15.5 Å². The van der Waals surface area contributed by atoms with Gasteiger partial charge in [0.2, 0.25) is 0 Å². The molecule has 0 atom stereocenters. The molecule has 4 heteroatoms. The lowest BCUT2D eigenvalue weighted by molar-refractivity contribution is -0.107. The van der Waals surface area contributed by atoms with Crippen LogP contribution < -0.4 is 0 Å². The number of aldehydes is 1. The van der Waals surface area contributed by atoms with E-state index in [0.29, 0.717) is 6.42 Å². The number of hydrogen-bond acceptors (Lipinski definition) is 3. The van der Waals surface area contributed by atoms with Crippen molar-refractivity contribution in [1.29, 1.82) is 0 Å². The molecule has 0 aliphatic heterocycles. The van der Waals surface area contributed by atoms with Gasteiger partial charge >= 0.3 is 0 Å². The lowest BCUT2D eigenvalue weighted by Crippen LogP contribution is -1.80. The summed E-state index contributed by atoms with van der Waals surface area (Å²) in [6.07, 6.45) is 4.56. The number of hydrogen-bond donors (Lipinski definition) is 1. The van der Waals surface area contributed by atoms with Crippen molar-refractivity contribution in [3.8, 4) is 0 Å². The molecule has 0 aromatic carbocycles. The van der Waals surface area contributed by atoms with Gasteiger partial charge in [-0.2, -0.15) is 5.10 Å². The van der Waals surface area contributed by atoms with Crippen LogP contribution in [0.3, 0.4) is 0 Å². The van der Waals surface area contributed by atoms with Gasteiger partial charge in [0.25, 0.3) is 0 Å². The molecule has 9 heavy (non-hydrogen) atoms. The first-order chi connectivity index (χ1) is 4.33. The minimum atomic E-state index is 0.417. The van der Waals surface area contributed by atoms with Crippen LogP contribution in [0, 0.1) is 0 Å². The van der Waals surface area contributed by atoms with Crippen LogP contribution in [0.4, 0.5) is 0 Å². The molecule has 0 unspecified atom stereocenters. The highest BCUT2D eigenvalue weighted by atomic mass is 32.1. The van der Waals surface area contributed by atoms with Gasteiger partial charge in [0.05, 0.1) is 6.20 Å². The Morgan fingerprint density at radius 1 is 1.89 bits per heavy atom. The van der Waals surface area contributed by atoms with Crippen LogP contribution >= 0.6 is 12.8 Å². The summed E-state index contributed by atoms with van der Waals surface area (Å²) in [4.78, 5) is 9.92. The minimum absolute atomic E-state index is 0.417. The van der Waals surface area contributed by atoms with Gasteiger partial charge in [-0.3, -0.25) is 0 Å². The van der Waals surface area contributed by atoms with Crippen molar-refractivity contribution in [3.05, 3.63) is 18.0 Å². The topological polar surface area (TPSA) is 34.9 Å². The highest BCUT2D eigenvalue weighted by molar-refractivity contribution is 7.78. The summed E-state index contributed by atoms with van der Waals surface area (Å²) in [5.41, 5.74) is 0.889. The predicted molar refractivity (Wildman–Crippen MR) is 36.4 cm³/mol. The molecule has 48 valence electrons. The van der Waals surface area contributed by atoms with E-state index in [4.69, 9.17) is 0 Å². The molecule has 0 saturated heterocycles. The quantitative estimate of drug-likeness (QED) is 0.476. The van der Waals surface area contributed by atoms with Crippen molar-refractivity contribution < 1.29 is 4.79 Å². The van der Waals surface area contributed by atoms with Gasteiger partial charge in [-0.1, -0.05) is 0 Å². The second-order valence-electron chi connectivity index (χ2n) is 1.64. The molecule has 1 rings (SSSR count). The number of carbonyl (C=O) groups is 1. The summed E-state index contributed by atoms with van der Waals surface area (Å²) in [6.45, 7) is 0. The van der Waals surface area contributed by atoms with Crippen LogP contribution in [0.25, 0.3) is 0 Å². The van der Waals surface area contributed by atoms with Crippen molar-refractivity contribution in [2.24, 2.45) is 0 Å². The average molecular weight is 142 g/mol. The summed E-state index contributed by atoms with van der Waals surface area (Å²) in [6, 6.07) is 0. The van der Waals surface area contributed by atoms with Crippen molar-refractivity contribution >= 4 is 19.1 Å². The van der Waals surface area contributed by atoms with E-state index in [1.54, 1.807) is 12.4 Å². The normalized spacial score (nSPS) is 9.44. The fraction of sp³-hybridized carbons (Fsp3) is 0.200. The molecule has 1 aromatic rings. The van der Waals surface area contributed by atoms with E-state index in [0.717, 1.165) is 11.8 Å². The number of aromatic nitrogens is 2. The van der Waals surface area contributed by atoms with E-state index >= 15 is 0 Å². The largest absolute Gasteiger partial charge is 0.303 e. The standard InChI is InChI=1S/C5H6N2OS/c8-2-1-5-3-6-7(9)4-5/h2-4,9H,1H2. The number of thiol groups is 1. The first kappa shape index (κ1) is 6.35. The van der Waals surface area contributed by atoms with Gasteiger partial charge in [0.15, 0.2) is 0 Å². The molecule has 0 spiro atoms. The second-order valence-corrected chi connectivity index (χ2v) is 2.05. The molecule has 0 saturated carbocycles. The third-order valence-corrected chi connectivity index (χ3v) is 1.16. The van der Waals surface area contributed by atoms with E-state index in [-0.39, 0.29) is 0 Å².